The van der Waals surface area contributed by atoms with E-state index in [4.69, 9.17) is 0 Å². The molecule has 2 N–H and O–H groups in total. The van der Waals surface area contributed by atoms with E-state index in [1.165, 1.54) is 6.07 Å². The fourth-order valence-electron chi connectivity index (χ4n) is 2.71. The zero-order valence-corrected chi connectivity index (χ0v) is 11.9. The van der Waals surface area contributed by atoms with Crippen LogP contribution in [0.1, 0.15) is 31.9 Å². The largest absolute Gasteiger partial charge is 0.393 e. The lowest BCUT2D eigenvalue weighted by Gasteiger charge is -2.37. The van der Waals surface area contributed by atoms with Crippen LogP contribution in [-0.4, -0.2) is 31.3 Å². The minimum Gasteiger partial charge on any atom is -0.393 e. The molecule has 106 valence electrons. The van der Waals surface area contributed by atoms with Crippen molar-refractivity contribution in [2.24, 2.45) is 5.92 Å². The number of para-hydroxylation sites is 1. The van der Waals surface area contributed by atoms with Gasteiger partial charge in [-0.3, -0.25) is 0 Å². The van der Waals surface area contributed by atoms with Gasteiger partial charge >= 0.3 is 0 Å². The molecule has 1 saturated heterocycles. The lowest BCUT2D eigenvalue weighted by atomic mass is 9.94. The minimum absolute atomic E-state index is 0.104. The van der Waals surface area contributed by atoms with Crippen LogP contribution in [0.4, 0.5) is 10.1 Å². The standard InChI is InChI=1S/C15H23FN2O/c1-10-9-18(8-7-14(10)19)15-12(11(2)17-3)5-4-6-13(15)16/h4-6,10-11,14,17,19H,7-9H2,1-3H3. The van der Waals surface area contributed by atoms with Gasteiger partial charge in [-0.25, -0.2) is 4.39 Å². The number of rotatable bonds is 3. The molecule has 1 aromatic rings. The van der Waals surface area contributed by atoms with E-state index in [1.54, 1.807) is 6.07 Å². The van der Waals surface area contributed by atoms with E-state index in [0.717, 1.165) is 5.56 Å². The zero-order chi connectivity index (χ0) is 14.0. The highest BCUT2D eigenvalue weighted by Crippen LogP contribution is 2.32. The molecule has 1 heterocycles. The van der Waals surface area contributed by atoms with E-state index >= 15 is 0 Å². The maximum absolute atomic E-state index is 14.2. The molecule has 4 heteroatoms. The van der Waals surface area contributed by atoms with Gasteiger partial charge < -0.3 is 15.3 Å². The van der Waals surface area contributed by atoms with Crippen molar-refractivity contribution < 1.29 is 9.50 Å². The topological polar surface area (TPSA) is 35.5 Å². The lowest BCUT2D eigenvalue weighted by Crippen LogP contribution is -2.43. The average Bonchev–Trinajstić information content (AvgIpc) is 2.41. The summed E-state index contributed by atoms with van der Waals surface area (Å²) in [5, 5.41) is 13.0. The first-order valence-corrected chi connectivity index (χ1v) is 6.93. The second kappa shape index (κ2) is 5.88. The monoisotopic (exact) mass is 266 g/mol. The van der Waals surface area contributed by atoms with Crippen molar-refractivity contribution >= 4 is 5.69 Å². The molecule has 1 fully saturated rings. The van der Waals surface area contributed by atoms with Crippen LogP contribution < -0.4 is 10.2 Å². The van der Waals surface area contributed by atoms with Gasteiger partial charge in [0.2, 0.25) is 0 Å². The van der Waals surface area contributed by atoms with Gasteiger partial charge in [0.25, 0.3) is 0 Å². The number of benzene rings is 1. The number of nitrogens with zero attached hydrogens (tertiary/aromatic N) is 1. The number of aliphatic hydroxyl groups excluding tert-OH is 1. The van der Waals surface area contributed by atoms with E-state index in [0.29, 0.717) is 25.2 Å². The summed E-state index contributed by atoms with van der Waals surface area (Å²) in [5.41, 5.74) is 1.66. The first kappa shape index (κ1) is 14.3. The van der Waals surface area contributed by atoms with E-state index in [1.807, 2.05) is 27.0 Å². The van der Waals surface area contributed by atoms with Gasteiger partial charge in [0, 0.05) is 19.1 Å². The normalized spacial score (nSPS) is 25.4. The number of anilines is 1. The Hall–Kier alpha value is -1.13. The van der Waals surface area contributed by atoms with Gasteiger partial charge in [-0.2, -0.15) is 0 Å². The fraction of sp³-hybridized carbons (Fsp3) is 0.600. The third kappa shape index (κ3) is 2.90. The molecule has 0 bridgehead atoms. The maximum Gasteiger partial charge on any atom is 0.146 e. The maximum atomic E-state index is 14.2. The predicted octanol–water partition coefficient (Wildman–Crippen LogP) is 2.31. The number of halogens is 1. The van der Waals surface area contributed by atoms with Gasteiger partial charge in [-0.1, -0.05) is 19.1 Å². The van der Waals surface area contributed by atoms with E-state index in [-0.39, 0.29) is 23.9 Å². The molecule has 1 aliphatic rings. The Morgan fingerprint density at radius 2 is 2.21 bits per heavy atom. The lowest BCUT2D eigenvalue weighted by molar-refractivity contribution is 0.0968. The van der Waals surface area contributed by atoms with Crippen molar-refractivity contribution in [1.82, 2.24) is 5.32 Å². The first-order valence-electron chi connectivity index (χ1n) is 6.93. The van der Waals surface area contributed by atoms with Crippen molar-refractivity contribution in [1.29, 1.82) is 0 Å². The highest BCUT2D eigenvalue weighted by atomic mass is 19.1. The van der Waals surface area contributed by atoms with Gasteiger partial charge in [-0.15, -0.1) is 0 Å². The van der Waals surface area contributed by atoms with Crippen LogP contribution in [0.2, 0.25) is 0 Å². The summed E-state index contributed by atoms with van der Waals surface area (Å²) >= 11 is 0. The summed E-state index contributed by atoms with van der Waals surface area (Å²) in [6.07, 6.45) is 0.427. The van der Waals surface area contributed by atoms with Gasteiger partial charge in [-0.05, 0) is 37.9 Å². The zero-order valence-electron chi connectivity index (χ0n) is 11.9. The Balaban J connectivity index is 2.33. The Labute approximate surface area is 114 Å². The second-order valence-corrected chi connectivity index (χ2v) is 5.47. The Bertz CT molecular complexity index is 438. The van der Waals surface area contributed by atoms with Crippen LogP contribution in [0.15, 0.2) is 18.2 Å². The van der Waals surface area contributed by atoms with Crippen molar-refractivity contribution in [3.05, 3.63) is 29.6 Å². The summed E-state index contributed by atoms with van der Waals surface area (Å²) < 4.78 is 14.2. The molecule has 0 aliphatic carbocycles. The van der Waals surface area contributed by atoms with Gasteiger partial charge in [0.15, 0.2) is 0 Å². The van der Waals surface area contributed by atoms with Crippen molar-refractivity contribution in [2.45, 2.75) is 32.4 Å². The molecule has 0 aromatic heterocycles. The number of aliphatic hydroxyl groups is 1. The van der Waals surface area contributed by atoms with Gasteiger partial charge in [0.1, 0.15) is 5.82 Å². The number of nitrogens with one attached hydrogen (secondary N) is 1. The molecular weight excluding hydrogens is 243 g/mol. The number of piperidine rings is 1. The summed E-state index contributed by atoms with van der Waals surface area (Å²) in [5.74, 6) is -0.00529. The molecule has 3 unspecified atom stereocenters. The predicted molar refractivity (Wildman–Crippen MR) is 75.9 cm³/mol. The van der Waals surface area contributed by atoms with Crippen molar-refractivity contribution in [3.63, 3.8) is 0 Å². The molecule has 0 spiro atoms. The fourth-order valence-corrected chi connectivity index (χ4v) is 2.71. The molecule has 0 radical (unpaired) electrons. The SMILES string of the molecule is CNC(C)c1cccc(F)c1N1CCC(O)C(C)C1. The summed E-state index contributed by atoms with van der Waals surface area (Å²) in [7, 11) is 1.88. The molecule has 0 amide bonds. The Morgan fingerprint density at radius 3 is 2.84 bits per heavy atom. The van der Waals surface area contributed by atoms with E-state index in [9.17, 15) is 9.50 Å². The molecule has 2 rings (SSSR count). The molecule has 19 heavy (non-hydrogen) atoms. The molecule has 0 saturated carbocycles. The highest BCUT2D eigenvalue weighted by Gasteiger charge is 2.27. The number of hydrogen-bond donors (Lipinski definition) is 2. The van der Waals surface area contributed by atoms with Crippen LogP contribution >= 0.6 is 0 Å². The third-order valence-electron chi connectivity index (χ3n) is 4.09. The summed E-state index contributed by atoms with van der Waals surface area (Å²) in [6, 6.07) is 5.34. The minimum atomic E-state index is -0.270. The average molecular weight is 266 g/mol. The first-order chi connectivity index (χ1) is 9.04. The van der Waals surface area contributed by atoms with Crippen molar-refractivity contribution in [2.75, 3.05) is 25.0 Å². The third-order valence-corrected chi connectivity index (χ3v) is 4.09. The Kier molecular flexibility index (Phi) is 4.42. The molecule has 3 nitrogen and oxygen atoms in total. The van der Waals surface area contributed by atoms with E-state index < -0.39 is 0 Å². The quantitative estimate of drug-likeness (QED) is 0.881. The van der Waals surface area contributed by atoms with E-state index in [2.05, 4.69) is 10.2 Å². The van der Waals surface area contributed by atoms with Crippen LogP contribution in [-0.2, 0) is 0 Å². The molecular formula is C15H23FN2O. The number of hydrogen-bond acceptors (Lipinski definition) is 3. The van der Waals surface area contributed by atoms with Crippen LogP contribution in [0, 0.1) is 11.7 Å². The summed E-state index contributed by atoms with van der Waals surface area (Å²) in [6.45, 7) is 5.45. The van der Waals surface area contributed by atoms with Crippen LogP contribution in [0.25, 0.3) is 0 Å². The van der Waals surface area contributed by atoms with Crippen LogP contribution in [0.3, 0.4) is 0 Å². The molecule has 1 aromatic carbocycles. The van der Waals surface area contributed by atoms with Crippen LogP contribution in [0.5, 0.6) is 0 Å². The Morgan fingerprint density at radius 1 is 1.47 bits per heavy atom. The van der Waals surface area contributed by atoms with Gasteiger partial charge in [0.05, 0.1) is 11.8 Å². The summed E-state index contributed by atoms with van der Waals surface area (Å²) in [4.78, 5) is 2.07. The second-order valence-electron chi connectivity index (χ2n) is 5.47. The molecule has 3 atom stereocenters. The van der Waals surface area contributed by atoms with Crippen molar-refractivity contribution in [3.8, 4) is 0 Å². The smallest absolute Gasteiger partial charge is 0.146 e. The molecule has 1 aliphatic heterocycles. The highest BCUT2D eigenvalue weighted by molar-refractivity contribution is 5.56.